The maximum Gasteiger partial charge on any atom is 0.268 e. The highest BCUT2D eigenvalue weighted by Gasteiger charge is 2.30. The quantitative estimate of drug-likeness (QED) is 0.561. The first-order valence-electron chi connectivity index (χ1n) is 10.2. The number of ether oxygens (including phenoxy) is 1. The third-order valence-electron chi connectivity index (χ3n) is 5.15. The zero-order valence-corrected chi connectivity index (χ0v) is 19.8. The van der Waals surface area contributed by atoms with Gasteiger partial charge in [0.05, 0.1) is 12.8 Å². The third kappa shape index (κ3) is 5.11. The van der Waals surface area contributed by atoms with Gasteiger partial charge in [0.1, 0.15) is 17.2 Å². The molecule has 0 atom stereocenters. The Hall–Kier alpha value is -3.32. The minimum absolute atomic E-state index is 0.0138. The van der Waals surface area contributed by atoms with E-state index < -0.39 is 15.9 Å². The second kappa shape index (κ2) is 9.44. The Bertz CT molecular complexity index is 1240. The van der Waals surface area contributed by atoms with E-state index in [1.165, 1.54) is 7.11 Å². The lowest BCUT2D eigenvalue weighted by atomic mass is 10.1. The Kier molecular flexibility index (Phi) is 6.89. The van der Waals surface area contributed by atoms with Gasteiger partial charge in [-0.15, -0.1) is 0 Å². The number of aryl methyl sites for hydroxylation is 4. The fraction of sp³-hybridized carbons (Fsp3) is 0.240. The molecule has 3 aromatic rings. The number of rotatable bonds is 7. The molecule has 0 aliphatic heterocycles. The zero-order chi connectivity index (χ0) is 23.5. The molecule has 168 valence electrons. The van der Waals surface area contributed by atoms with Crippen LogP contribution in [0.25, 0.3) is 0 Å². The zero-order valence-electron chi connectivity index (χ0n) is 19.0. The maximum absolute atomic E-state index is 13.7. The summed E-state index contributed by atoms with van der Waals surface area (Å²) >= 11 is 0. The summed E-state index contributed by atoms with van der Waals surface area (Å²) in [7, 11) is -2.67. The van der Waals surface area contributed by atoms with Crippen molar-refractivity contribution in [1.29, 1.82) is 0 Å². The molecule has 7 heteroatoms. The summed E-state index contributed by atoms with van der Waals surface area (Å²) in [6, 6.07) is 17.6. The summed E-state index contributed by atoms with van der Waals surface area (Å²) in [6.07, 6.45) is 0. The van der Waals surface area contributed by atoms with Crippen molar-refractivity contribution in [3.05, 3.63) is 82.9 Å². The van der Waals surface area contributed by atoms with E-state index in [1.807, 2.05) is 58.0 Å². The lowest BCUT2D eigenvalue weighted by Crippen LogP contribution is -2.38. The highest BCUT2D eigenvalue weighted by molar-refractivity contribution is 7.93. The molecule has 6 nitrogen and oxygen atoms in total. The molecule has 1 amide bonds. The summed E-state index contributed by atoms with van der Waals surface area (Å²) in [5.74, 6) is -0.213. The normalized spacial score (nSPS) is 11.2. The minimum Gasteiger partial charge on any atom is -0.495 e. The van der Waals surface area contributed by atoms with Crippen molar-refractivity contribution in [1.82, 2.24) is 0 Å². The Balaban J connectivity index is 2.02. The van der Waals surface area contributed by atoms with Gasteiger partial charge in [0, 0.05) is 5.69 Å². The molecule has 32 heavy (non-hydrogen) atoms. The van der Waals surface area contributed by atoms with Crippen molar-refractivity contribution in [3.63, 3.8) is 0 Å². The predicted octanol–water partition coefficient (Wildman–Crippen LogP) is 4.76. The molecule has 0 aliphatic carbocycles. The first-order chi connectivity index (χ1) is 15.1. The maximum atomic E-state index is 13.7. The third-order valence-corrected chi connectivity index (χ3v) is 6.95. The van der Waals surface area contributed by atoms with E-state index in [0.29, 0.717) is 11.4 Å². The highest BCUT2D eigenvalue weighted by atomic mass is 32.2. The van der Waals surface area contributed by atoms with Gasteiger partial charge in [-0.05, 0) is 69.2 Å². The van der Waals surface area contributed by atoms with E-state index in [-0.39, 0.29) is 17.2 Å². The Morgan fingerprint density at radius 1 is 0.875 bits per heavy atom. The van der Waals surface area contributed by atoms with Gasteiger partial charge in [-0.2, -0.15) is 0 Å². The van der Waals surface area contributed by atoms with E-state index in [9.17, 15) is 13.2 Å². The summed E-state index contributed by atoms with van der Waals surface area (Å²) in [4.78, 5) is 13.0. The fourth-order valence-corrected chi connectivity index (χ4v) is 5.07. The molecule has 0 aliphatic rings. The van der Waals surface area contributed by atoms with Crippen molar-refractivity contribution in [2.24, 2.45) is 0 Å². The van der Waals surface area contributed by atoms with Crippen molar-refractivity contribution >= 4 is 27.3 Å². The average Bonchev–Trinajstić information content (AvgIpc) is 2.74. The van der Waals surface area contributed by atoms with Crippen LogP contribution < -0.4 is 14.4 Å². The smallest absolute Gasteiger partial charge is 0.268 e. The SMILES string of the molecule is COc1ccc(C)cc1S(=O)(=O)N(CC(=O)Nc1ccc(C)cc1C)c1ccc(C)cc1. The van der Waals surface area contributed by atoms with E-state index in [2.05, 4.69) is 5.32 Å². The molecule has 0 heterocycles. The number of carbonyl (C=O) groups is 1. The number of anilines is 2. The first-order valence-corrected chi connectivity index (χ1v) is 11.7. The van der Waals surface area contributed by atoms with Gasteiger partial charge in [0.2, 0.25) is 5.91 Å². The number of hydrogen-bond acceptors (Lipinski definition) is 4. The van der Waals surface area contributed by atoms with Crippen LogP contribution in [0.3, 0.4) is 0 Å². The van der Waals surface area contributed by atoms with Crippen LogP contribution in [-0.2, 0) is 14.8 Å². The van der Waals surface area contributed by atoms with E-state index in [1.54, 1.807) is 30.3 Å². The monoisotopic (exact) mass is 452 g/mol. The Morgan fingerprint density at radius 3 is 2.09 bits per heavy atom. The predicted molar refractivity (Wildman–Crippen MR) is 128 cm³/mol. The molecule has 0 saturated heterocycles. The number of sulfonamides is 1. The van der Waals surface area contributed by atoms with Crippen molar-refractivity contribution in [2.45, 2.75) is 32.6 Å². The van der Waals surface area contributed by atoms with Crippen LogP contribution in [-0.4, -0.2) is 28.0 Å². The van der Waals surface area contributed by atoms with Crippen LogP contribution in [0, 0.1) is 27.7 Å². The second-order valence-electron chi connectivity index (χ2n) is 7.87. The number of nitrogens with one attached hydrogen (secondary N) is 1. The van der Waals surface area contributed by atoms with Crippen LogP contribution in [0.15, 0.2) is 65.6 Å². The number of amides is 1. The molecule has 0 saturated carbocycles. The molecule has 0 aromatic heterocycles. The molecule has 0 spiro atoms. The van der Waals surface area contributed by atoms with Crippen molar-refractivity contribution < 1.29 is 17.9 Å². The van der Waals surface area contributed by atoms with Crippen LogP contribution >= 0.6 is 0 Å². The molecular weight excluding hydrogens is 424 g/mol. The first kappa shape index (κ1) is 23.3. The fourth-order valence-electron chi connectivity index (χ4n) is 3.40. The molecule has 1 N–H and O–H groups in total. The molecule has 0 fully saturated rings. The second-order valence-corrected chi connectivity index (χ2v) is 9.70. The van der Waals surface area contributed by atoms with Gasteiger partial charge in [-0.1, -0.05) is 41.5 Å². The average molecular weight is 453 g/mol. The molecule has 3 rings (SSSR count). The van der Waals surface area contributed by atoms with Gasteiger partial charge < -0.3 is 10.1 Å². The molecular formula is C25H28N2O4S. The molecule has 0 radical (unpaired) electrons. The van der Waals surface area contributed by atoms with Crippen molar-refractivity contribution in [3.8, 4) is 5.75 Å². The number of nitrogens with zero attached hydrogens (tertiary/aromatic N) is 1. The Labute approximate surface area is 189 Å². The molecule has 0 bridgehead atoms. The van der Waals surface area contributed by atoms with Gasteiger partial charge >= 0.3 is 0 Å². The van der Waals surface area contributed by atoms with Crippen molar-refractivity contribution in [2.75, 3.05) is 23.3 Å². The lowest BCUT2D eigenvalue weighted by Gasteiger charge is -2.25. The lowest BCUT2D eigenvalue weighted by molar-refractivity contribution is -0.114. The largest absolute Gasteiger partial charge is 0.495 e. The summed E-state index contributed by atoms with van der Waals surface area (Å²) in [5.41, 5.74) is 4.79. The Morgan fingerprint density at radius 2 is 1.47 bits per heavy atom. The number of methoxy groups -OCH3 is 1. The van der Waals surface area contributed by atoms with E-state index in [0.717, 1.165) is 26.6 Å². The van der Waals surface area contributed by atoms with Gasteiger partial charge in [-0.3, -0.25) is 9.10 Å². The highest BCUT2D eigenvalue weighted by Crippen LogP contribution is 2.31. The van der Waals surface area contributed by atoms with Gasteiger partial charge in [0.15, 0.2) is 0 Å². The van der Waals surface area contributed by atoms with Crippen LogP contribution in [0.2, 0.25) is 0 Å². The van der Waals surface area contributed by atoms with Crippen LogP contribution in [0.1, 0.15) is 22.3 Å². The number of benzene rings is 3. The standard InChI is InChI=1S/C25H28N2O4S/c1-17-6-10-21(11-7-17)27(16-25(28)26-22-12-8-18(2)14-20(22)4)32(29,30)24-15-19(3)9-13-23(24)31-5/h6-15H,16H2,1-5H3,(H,26,28). The van der Waals surface area contributed by atoms with Gasteiger partial charge in [-0.25, -0.2) is 8.42 Å². The molecule has 0 unspecified atom stereocenters. The van der Waals surface area contributed by atoms with Crippen LogP contribution in [0.4, 0.5) is 11.4 Å². The summed E-state index contributed by atoms with van der Waals surface area (Å²) in [5, 5.41) is 2.84. The summed E-state index contributed by atoms with van der Waals surface area (Å²) in [6.45, 7) is 7.21. The van der Waals surface area contributed by atoms with E-state index in [4.69, 9.17) is 4.74 Å². The summed E-state index contributed by atoms with van der Waals surface area (Å²) < 4.78 is 33.9. The number of hydrogen-bond donors (Lipinski definition) is 1. The number of carbonyl (C=O) groups excluding carboxylic acids is 1. The molecule has 3 aromatic carbocycles. The van der Waals surface area contributed by atoms with Crippen LogP contribution in [0.5, 0.6) is 5.75 Å². The van der Waals surface area contributed by atoms with E-state index >= 15 is 0 Å². The minimum atomic E-state index is -4.09. The van der Waals surface area contributed by atoms with Gasteiger partial charge in [0.25, 0.3) is 10.0 Å². The topological polar surface area (TPSA) is 75.7 Å².